The van der Waals surface area contributed by atoms with Crippen molar-refractivity contribution in [3.8, 4) is 11.1 Å². The molecule has 0 bridgehead atoms. The maximum atomic E-state index is 12.0. The van der Waals surface area contributed by atoms with E-state index < -0.39 is 11.7 Å². The minimum atomic E-state index is -4.22. The van der Waals surface area contributed by atoms with E-state index in [1.807, 2.05) is 3.71 Å². The van der Waals surface area contributed by atoms with Crippen LogP contribution in [-0.2, 0) is 53.1 Å². The summed E-state index contributed by atoms with van der Waals surface area (Å²) >= 11 is 1.18. The van der Waals surface area contributed by atoms with E-state index in [4.69, 9.17) is 0 Å². The van der Waals surface area contributed by atoms with Crippen molar-refractivity contribution in [3.63, 3.8) is 0 Å². The van der Waals surface area contributed by atoms with Crippen LogP contribution in [0.4, 0.5) is 13.2 Å². The molecule has 0 amide bonds. The van der Waals surface area contributed by atoms with E-state index in [-0.39, 0.29) is 35.6 Å². The Bertz CT molecular complexity index is 1530. The van der Waals surface area contributed by atoms with Gasteiger partial charge < -0.3 is 24.8 Å². The molecule has 4 aromatic rings. The van der Waals surface area contributed by atoms with E-state index in [1.54, 1.807) is 0 Å². The van der Waals surface area contributed by atoms with Crippen LogP contribution in [0.25, 0.3) is 11.1 Å². The molecular formula is C40H47Cl2F3Zr-2. The molecule has 1 aliphatic carbocycles. The Hall–Kier alpha value is -1.87. The molecule has 0 aromatic heterocycles. The van der Waals surface area contributed by atoms with Gasteiger partial charge in [0.05, 0.1) is 0 Å². The molecule has 0 atom stereocenters. The number of hydrogen-bond donors (Lipinski definition) is 0. The van der Waals surface area contributed by atoms with Gasteiger partial charge in [-0.05, 0) is 28.4 Å². The van der Waals surface area contributed by atoms with Gasteiger partial charge in [0.2, 0.25) is 0 Å². The number of fused-ring (bicyclic) bond motifs is 3. The molecule has 6 heteroatoms. The third-order valence-electron chi connectivity index (χ3n) is 7.92. The maximum absolute atomic E-state index is 12.0. The average Bonchev–Trinajstić information content (AvgIpc) is 3.45. The monoisotopic (exact) mass is 744 g/mol. The fourth-order valence-electron chi connectivity index (χ4n) is 5.41. The second-order valence-electron chi connectivity index (χ2n) is 15.0. The molecule has 0 heterocycles. The minimum Gasteiger partial charge on any atom is -1.00 e. The third kappa shape index (κ3) is 11.1. The minimum absolute atomic E-state index is 0. The molecule has 5 rings (SSSR count). The van der Waals surface area contributed by atoms with Crippen molar-refractivity contribution < 1.29 is 62.2 Å². The molecule has 0 radical (unpaired) electrons. The van der Waals surface area contributed by atoms with Crippen molar-refractivity contribution in [1.29, 1.82) is 0 Å². The molecule has 4 aromatic carbocycles. The zero-order chi connectivity index (χ0) is 33.3. The molecule has 0 N–H and O–H groups in total. The molecule has 248 valence electrons. The zero-order valence-electron chi connectivity index (χ0n) is 29.0. The number of hydrogen-bond acceptors (Lipinski definition) is 0. The van der Waals surface area contributed by atoms with Gasteiger partial charge in [-0.15, -0.1) is 11.1 Å². The topological polar surface area (TPSA) is 0 Å². The Morgan fingerprint density at radius 3 is 1.65 bits per heavy atom. The standard InChI is InChI=1S/C21H25.C11H17.C8H5F3.2ClH.Zr/c1-20(2,3)16-7-9-18-14(12-16)11-15-13-17(21(4,5)6)8-10-19(15)18;1-8-6-9(2)10(7-8)11(3,4)5;1-6-2-4-7(5-3-6)8(9,10)11;;;/h7-10,12H,11H2,1-6H3;6-7H,1-5H3;1-5H;2*1H;/q2*-1;;;;+2/p-2. The van der Waals surface area contributed by atoms with Gasteiger partial charge in [0.1, 0.15) is 0 Å². The molecule has 0 nitrogen and oxygen atoms in total. The van der Waals surface area contributed by atoms with Gasteiger partial charge >= 0.3 is 82.7 Å². The molecule has 0 spiro atoms. The Morgan fingerprint density at radius 2 is 1.24 bits per heavy atom. The summed E-state index contributed by atoms with van der Waals surface area (Å²) in [7, 11) is 0. The van der Waals surface area contributed by atoms with Crippen molar-refractivity contribution in [1.82, 2.24) is 0 Å². The van der Waals surface area contributed by atoms with Gasteiger partial charge in [-0.25, -0.2) is 6.07 Å². The molecule has 46 heavy (non-hydrogen) atoms. The van der Waals surface area contributed by atoms with Gasteiger partial charge in [0.25, 0.3) is 0 Å². The third-order valence-corrected chi connectivity index (χ3v) is 8.74. The van der Waals surface area contributed by atoms with Gasteiger partial charge in [-0.2, -0.15) is 46.5 Å². The van der Waals surface area contributed by atoms with E-state index in [2.05, 4.69) is 125 Å². The summed E-state index contributed by atoms with van der Waals surface area (Å²) < 4.78 is 37.9. The number of halogens is 5. The van der Waals surface area contributed by atoms with Crippen LogP contribution in [-0.4, -0.2) is 3.71 Å². The number of alkyl halides is 3. The fraction of sp³-hybridized carbons (Fsp3) is 0.400. The van der Waals surface area contributed by atoms with E-state index in [0.717, 1.165) is 24.1 Å². The molecular weight excluding hydrogens is 700 g/mol. The molecule has 1 aliphatic rings. The van der Waals surface area contributed by atoms with Gasteiger partial charge in [-0.3, -0.25) is 0 Å². The van der Waals surface area contributed by atoms with E-state index in [0.29, 0.717) is 5.41 Å². The molecule has 0 saturated heterocycles. The molecule has 0 aliphatic heterocycles. The SMILES string of the molecule is CC(C)(C)c1[c-]c2c(cc1)-c1ccc(C(C)(C)C)cc1C2.Cc1cc(C(C)(C)C)c(C)[cH-]1.FC(F)(F)c1ccc([CH]=[Zr+2])cc1.[Cl-].[Cl-]. The normalized spacial score (nSPS) is 12.3. The summed E-state index contributed by atoms with van der Waals surface area (Å²) in [5.41, 5.74) is 13.5. The van der Waals surface area contributed by atoms with Crippen molar-refractivity contribution in [2.24, 2.45) is 0 Å². The molecule has 0 unspecified atom stereocenters. The summed E-state index contributed by atoms with van der Waals surface area (Å²) in [5, 5.41) is 0. The van der Waals surface area contributed by atoms with Crippen LogP contribution in [0.5, 0.6) is 0 Å². The quantitative estimate of drug-likeness (QED) is 0.202. The number of aryl methyl sites for hydroxylation is 2. The van der Waals surface area contributed by atoms with E-state index in [9.17, 15) is 13.2 Å². The van der Waals surface area contributed by atoms with E-state index >= 15 is 0 Å². The summed E-state index contributed by atoms with van der Waals surface area (Å²) in [4.78, 5) is 0. The summed E-state index contributed by atoms with van der Waals surface area (Å²) in [6.45, 7) is 24.7. The van der Waals surface area contributed by atoms with Crippen LogP contribution in [0.2, 0.25) is 0 Å². The Kier molecular flexibility index (Phi) is 14.7. The first kappa shape index (κ1) is 42.2. The second kappa shape index (κ2) is 16.0. The first-order chi connectivity index (χ1) is 20.1. The predicted octanol–water partition coefficient (Wildman–Crippen LogP) is 5.38. The number of rotatable bonds is 1. The van der Waals surface area contributed by atoms with Crippen molar-refractivity contribution in [3.05, 3.63) is 123 Å². The average molecular weight is 747 g/mol. The predicted molar refractivity (Wildman–Crippen MR) is 178 cm³/mol. The zero-order valence-corrected chi connectivity index (χ0v) is 33.0. The van der Waals surface area contributed by atoms with Crippen LogP contribution < -0.4 is 24.8 Å². The van der Waals surface area contributed by atoms with Crippen LogP contribution in [0.15, 0.2) is 66.7 Å². The largest absolute Gasteiger partial charge is 1.00 e. The van der Waals surface area contributed by atoms with E-state index in [1.165, 1.54) is 86.4 Å². The Morgan fingerprint density at radius 1 is 0.696 bits per heavy atom. The maximum Gasteiger partial charge on any atom is -1.00 e. The Labute approximate surface area is 303 Å². The van der Waals surface area contributed by atoms with Crippen molar-refractivity contribution in [2.75, 3.05) is 0 Å². The first-order valence-electron chi connectivity index (χ1n) is 15.2. The van der Waals surface area contributed by atoms with Crippen LogP contribution in [0.3, 0.4) is 0 Å². The first-order valence-corrected chi connectivity index (χ1v) is 16.6. The fourth-order valence-corrected chi connectivity index (χ4v) is 5.88. The van der Waals surface area contributed by atoms with Crippen molar-refractivity contribution >= 4 is 3.71 Å². The van der Waals surface area contributed by atoms with Gasteiger partial charge in [0.15, 0.2) is 0 Å². The van der Waals surface area contributed by atoms with Gasteiger partial charge in [-0.1, -0.05) is 105 Å². The van der Waals surface area contributed by atoms with Crippen LogP contribution in [0, 0.1) is 19.9 Å². The second-order valence-corrected chi connectivity index (χ2v) is 15.7. The number of benzene rings is 3. The summed E-state index contributed by atoms with van der Waals surface area (Å²) in [6, 6.07) is 24.8. The van der Waals surface area contributed by atoms with Crippen molar-refractivity contribution in [2.45, 2.75) is 105 Å². The van der Waals surface area contributed by atoms with Crippen LogP contribution >= 0.6 is 0 Å². The smallest absolute Gasteiger partial charge is 1.00 e. The molecule has 0 saturated carbocycles. The summed E-state index contributed by atoms with van der Waals surface area (Å²) in [6.07, 6.45) is -3.20. The van der Waals surface area contributed by atoms with Gasteiger partial charge in [0, 0.05) is 0 Å². The summed E-state index contributed by atoms with van der Waals surface area (Å²) in [5.74, 6) is 0. The van der Waals surface area contributed by atoms with Crippen LogP contribution in [0.1, 0.15) is 112 Å². The molecule has 0 fully saturated rings. The Balaban J connectivity index is 0.000000365.